The third kappa shape index (κ3) is 2.46. The Morgan fingerprint density at radius 2 is 2.33 bits per heavy atom. The molecule has 0 saturated carbocycles. The lowest BCUT2D eigenvalue weighted by molar-refractivity contribution is 0.496. The molecule has 18 heavy (non-hydrogen) atoms. The van der Waals surface area contributed by atoms with Gasteiger partial charge in [0.25, 0.3) is 0 Å². The van der Waals surface area contributed by atoms with Gasteiger partial charge in [-0.1, -0.05) is 0 Å². The van der Waals surface area contributed by atoms with Crippen molar-refractivity contribution in [2.45, 2.75) is 18.0 Å². The second kappa shape index (κ2) is 5.86. The van der Waals surface area contributed by atoms with Crippen LogP contribution in [0, 0.1) is 0 Å². The van der Waals surface area contributed by atoms with Crippen LogP contribution in [0.4, 0.5) is 4.39 Å². The molecule has 0 radical (unpaired) electrons. The van der Waals surface area contributed by atoms with E-state index < -0.39 is 0 Å². The predicted molar refractivity (Wildman–Crippen MR) is 75.9 cm³/mol. The average molecular weight is 285 g/mol. The summed E-state index contributed by atoms with van der Waals surface area (Å²) in [6.45, 7) is 0.147. The van der Waals surface area contributed by atoms with E-state index in [0.717, 1.165) is 26.7 Å². The number of rotatable bonds is 5. The molecule has 0 spiro atoms. The number of alkyl halides is 1. The van der Waals surface area contributed by atoms with Crippen LogP contribution in [0.25, 0.3) is 10.6 Å². The van der Waals surface area contributed by atoms with E-state index in [2.05, 4.69) is 5.10 Å². The van der Waals surface area contributed by atoms with Crippen molar-refractivity contribution in [3.8, 4) is 10.6 Å². The molecule has 3 nitrogen and oxygen atoms in total. The molecule has 2 heterocycles. The summed E-state index contributed by atoms with van der Waals surface area (Å²) in [6.07, 6.45) is 2.49. The molecule has 0 bridgehead atoms. The Balaban J connectivity index is 2.42. The van der Waals surface area contributed by atoms with Gasteiger partial charge in [-0.25, -0.2) is 0 Å². The molecular formula is C12H16FN3S2. The lowest BCUT2D eigenvalue weighted by Crippen LogP contribution is -1.99. The van der Waals surface area contributed by atoms with Gasteiger partial charge in [-0.05, 0) is 23.3 Å². The average Bonchev–Trinajstić information content (AvgIpc) is 2.93. The summed E-state index contributed by atoms with van der Waals surface area (Å²) in [7, 11) is 1.92. The number of aromatic nitrogens is 2. The van der Waals surface area contributed by atoms with Gasteiger partial charge in [-0.3, -0.25) is 9.07 Å². The number of nitrogens with two attached hydrogens (primary N) is 1. The quantitative estimate of drug-likeness (QED) is 0.859. The van der Waals surface area contributed by atoms with Crippen molar-refractivity contribution in [2.75, 3.05) is 12.9 Å². The summed E-state index contributed by atoms with van der Waals surface area (Å²) in [4.78, 5) is 1.06. The van der Waals surface area contributed by atoms with Crippen molar-refractivity contribution in [3.63, 3.8) is 0 Å². The largest absolute Gasteiger partial charge is 0.326 e. The monoisotopic (exact) mass is 285 g/mol. The molecule has 0 fully saturated rings. The summed E-state index contributed by atoms with van der Waals surface area (Å²) in [5, 5.41) is 7.61. The van der Waals surface area contributed by atoms with Crippen LogP contribution in [-0.4, -0.2) is 22.7 Å². The van der Waals surface area contributed by atoms with Gasteiger partial charge >= 0.3 is 0 Å². The fourth-order valence-electron chi connectivity index (χ4n) is 1.93. The normalized spacial score (nSPS) is 11.1. The zero-order valence-electron chi connectivity index (χ0n) is 10.4. The molecule has 98 valence electrons. The molecule has 2 N–H and O–H groups in total. The van der Waals surface area contributed by atoms with Gasteiger partial charge in [0.15, 0.2) is 0 Å². The Bertz CT molecular complexity index is 533. The van der Waals surface area contributed by atoms with Crippen LogP contribution in [0.3, 0.4) is 0 Å². The molecule has 0 aliphatic rings. The first-order chi connectivity index (χ1) is 8.71. The van der Waals surface area contributed by atoms with Gasteiger partial charge in [0, 0.05) is 25.6 Å². The highest BCUT2D eigenvalue weighted by molar-refractivity contribution is 7.98. The van der Waals surface area contributed by atoms with Crippen molar-refractivity contribution < 1.29 is 4.39 Å². The fraction of sp³-hybridized carbons (Fsp3) is 0.417. The van der Waals surface area contributed by atoms with Crippen LogP contribution in [-0.2, 0) is 20.0 Å². The van der Waals surface area contributed by atoms with E-state index in [-0.39, 0.29) is 6.67 Å². The lowest BCUT2D eigenvalue weighted by Gasteiger charge is -2.00. The molecule has 2 aromatic rings. The SMILES string of the molecule is CSc1c(CN)c(-c2cc(CCF)cs2)nn1C. The van der Waals surface area contributed by atoms with Crippen LogP contribution in [0.1, 0.15) is 11.1 Å². The number of halogens is 1. The Morgan fingerprint density at radius 3 is 2.94 bits per heavy atom. The van der Waals surface area contributed by atoms with Crippen molar-refractivity contribution >= 4 is 23.1 Å². The highest BCUT2D eigenvalue weighted by Crippen LogP contribution is 2.33. The molecule has 0 aliphatic carbocycles. The van der Waals surface area contributed by atoms with Crippen LogP contribution in [0.5, 0.6) is 0 Å². The number of thiophene rings is 1. The minimum Gasteiger partial charge on any atom is -0.326 e. The highest BCUT2D eigenvalue weighted by Gasteiger charge is 2.17. The minimum absolute atomic E-state index is 0.321. The third-order valence-corrected chi connectivity index (χ3v) is 4.64. The molecule has 2 aromatic heterocycles. The Morgan fingerprint density at radius 1 is 1.56 bits per heavy atom. The van der Waals surface area contributed by atoms with Crippen LogP contribution in [0.15, 0.2) is 16.5 Å². The second-order valence-corrected chi connectivity index (χ2v) is 5.63. The summed E-state index contributed by atoms with van der Waals surface area (Å²) < 4.78 is 14.2. The molecule has 0 aliphatic heterocycles. The van der Waals surface area contributed by atoms with E-state index in [4.69, 9.17) is 5.73 Å². The minimum atomic E-state index is -0.321. The summed E-state index contributed by atoms with van der Waals surface area (Å²) in [6, 6.07) is 2.01. The van der Waals surface area contributed by atoms with Crippen LogP contribution >= 0.6 is 23.1 Å². The van der Waals surface area contributed by atoms with Crippen molar-refractivity contribution in [1.29, 1.82) is 0 Å². The molecule has 0 amide bonds. The molecule has 2 rings (SSSR count). The van der Waals surface area contributed by atoms with Crippen LogP contribution in [0.2, 0.25) is 0 Å². The van der Waals surface area contributed by atoms with E-state index in [1.165, 1.54) is 0 Å². The Labute approximate surface area is 114 Å². The van der Waals surface area contributed by atoms with E-state index in [1.807, 2.05) is 29.4 Å². The second-order valence-electron chi connectivity index (χ2n) is 3.92. The topological polar surface area (TPSA) is 43.8 Å². The first-order valence-corrected chi connectivity index (χ1v) is 7.75. The number of hydrogen-bond acceptors (Lipinski definition) is 4. The zero-order valence-corrected chi connectivity index (χ0v) is 12.1. The smallest absolute Gasteiger partial charge is 0.108 e. The van der Waals surface area contributed by atoms with E-state index in [0.29, 0.717) is 13.0 Å². The number of hydrogen-bond donors (Lipinski definition) is 1. The maximum Gasteiger partial charge on any atom is 0.108 e. The first kappa shape index (κ1) is 13.6. The van der Waals surface area contributed by atoms with Gasteiger partial charge in [0.2, 0.25) is 0 Å². The Hall–Kier alpha value is -0.850. The molecule has 6 heteroatoms. The zero-order chi connectivity index (χ0) is 13.1. The van der Waals surface area contributed by atoms with Crippen molar-refractivity contribution in [2.24, 2.45) is 12.8 Å². The number of nitrogens with zero attached hydrogens (tertiary/aromatic N) is 2. The van der Waals surface area contributed by atoms with Gasteiger partial charge in [0.1, 0.15) is 5.69 Å². The maximum atomic E-state index is 12.3. The third-order valence-electron chi connectivity index (χ3n) is 2.76. The highest BCUT2D eigenvalue weighted by atomic mass is 32.2. The predicted octanol–water partition coefficient (Wildman–Crippen LogP) is 2.84. The van der Waals surface area contributed by atoms with Crippen molar-refractivity contribution in [3.05, 3.63) is 22.6 Å². The maximum absolute atomic E-state index is 12.3. The van der Waals surface area contributed by atoms with Gasteiger partial charge in [-0.2, -0.15) is 5.10 Å². The molecular weight excluding hydrogens is 269 g/mol. The van der Waals surface area contributed by atoms with E-state index >= 15 is 0 Å². The van der Waals surface area contributed by atoms with Crippen molar-refractivity contribution in [1.82, 2.24) is 9.78 Å². The lowest BCUT2D eigenvalue weighted by atomic mass is 10.2. The molecule has 0 aromatic carbocycles. The van der Waals surface area contributed by atoms with Gasteiger partial charge < -0.3 is 5.73 Å². The molecule has 0 saturated heterocycles. The molecule has 0 atom stereocenters. The van der Waals surface area contributed by atoms with E-state index in [1.54, 1.807) is 23.1 Å². The van der Waals surface area contributed by atoms with Gasteiger partial charge in [-0.15, -0.1) is 23.1 Å². The first-order valence-electron chi connectivity index (χ1n) is 5.65. The van der Waals surface area contributed by atoms with Gasteiger partial charge in [0.05, 0.1) is 16.6 Å². The van der Waals surface area contributed by atoms with Crippen LogP contribution < -0.4 is 5.73 Å². The standard InChI is InChI=1S/C12H16FN3S2/c1-16-12(17-2)9(6-14)11(15-16)10-5-8(3-4-13)7-18-10/h5,7H,3-4,6,14H2,1-2H3. The summed E-state index contributed by atoms with van der Waals surface area (Å²) >= 11 is 3.24. The Kier molecular flexibility index (Phi) is 4.42. The summed E-state index contributed by atoms with van der Waals surface area (Å²) in [5.74, 6) is 0. The fourth-order valence-corrected chi connectivity index (χ4v) is 3.62. The number of aryl methyl sites for hydroxylation is 2. The molecule has 0 unspecified atom stereocenters. The van der Waals surface area contributed by atoms with E-state index in [9.17, 15) is 4.39 Å². The summed E-state index contributed by atoms with van der Waals surface area (Å²) in [5.41, 5.74) is 8.84. The number of thioether (sulfide) groups is 1.